The molecule has 6 heteroatoms. The smallest absolute Gasteiger partial charge is 0.253 e. The lowest BCUT2D eigenvalue weighted by Crippen LogP contribution is -2.41. The molecule has 3 rings (SSSR count). The molecule has 4 nitrogen and oxygen atoms in total. The Morgan fingerprint density at radius 2 is 2.09 bits per heavy atom. The lowest BCUT2D eigenvalue weighted by molar-refractivity contribution is 0.0415. The number of nitrogens with one attached hydrogen (secondary N) is 1. The number of hydrogen-bond acceptors (Lipinski definition) is 3. The van der Waals surface area contributed by atoms with Crippen molar-refractivity contribution in [3.63, 3.8) is 0 Å². The van der Waals surface area contributed by atoms with Gasteiger partial charge in [0.2, 0.25) is 0 Å². The number of benzene rings is 1. The van der Waals surface area contributed by atoms with Crippen LogP contribution in [0.5, 0.6) is 0 Å². The summed E-state index contributed by atoms with van der Waals surface area (Å²) in [6.45, 7) is 3.49. The number of halogens is 2. The van der Waals surface area contributed by atoms with E-state index in [0.717, 1.165) is 45.6 Å². The molecule has 1 aromatic carbocycles. The zero-order chi connectivity index (χ0) is 15.5. The molecule has 0 bridgehead atoms. The number of nitrogens with zero attached hydrogens (tertiary/aromatic N) is 1. The topological polar surface area (TPSA) is 41.6 Å². The van der Waals surface area contributed by atoms with E-state index in [0.29, 0.717) is 11.6 Å². The second kappa shape index (κ2) is 6.94. The van der Waals surface area contributed by atoms with E-state index in [-0.39, 0.29) is 17.0 Å². The third-order valence-corrected chi connectivity index (χ3v) is 4.75. The first kappa shape index (κ1) is 15.7. The van der Waals surface area contributed by atoms with Gasteiger partial charge in [-0.05, 0) is 37.5 Å². The minimum Gasteiger partial charge on any atom is -0.381 e. The summed E-state index contributed by atoms with van der Waals surface area (Å²) in [5.74, 6) is -0.670. The van der Waals surface area contributed by atoms with E-state index < -0.39 is 5.82 Å². The molecule has 120 valence electrons. The van der Waals surface area contributed by atoms with Crippen molar-refractivity contribution in [2.45, 2.75) is 31.3 Å². The highest BCUT2D eigenvalue weighted by atomic mass is 35.5. The van der Waals surface area contributed by atoms with Crippen LogP contribution in [-0.4, -0.2) is 49.2 Å². The third kappa shape index (κ3) is 3.59. The molecule has 2 fully saturated rings. The normalized spacial score (nSPS) is 23.6. The van der Waals surface area contributed by atoms with Gasteiger partial charge in [0.15, 0.2) is 0 Å². The fraction of sp³-hybridized carbons (Fsp3) is 0.562. The summed E-state index contributed by atoms with van der Waals surface area (Å²) in [7, 11) is 0. The van der Waals surface area contributed by atoms with Gasteiger partial charge in [0.05, 0.1) is 10.6 Å². The van der Waals surface area contributed by atoms with Gasteiger partial charge < -0.3 is 10.1 Å². The second-order valence-electron chi connectivity index (χ2n) is 5.92. The fourth-order valence-corrected chi connectivity index (χ4v) is 3.48. The molecule has 2 heterocycles. The van der Waals surface area contributed by atoms with Crippen LogP contribution in [-0.2, 0) is 4.74 Å². The molecule has 1 unspecified atom stereocenters. The Hall–Kier alpha value is -1.17. The molecule has 0 saturated carbocycles. The Morgan fingerprint density at radius 3 is 2.82 bits per heavy atom. The summed E-state index contributed by atoms with van der Waals surface area (Å²) in [5.41, 5.74) is 0.326. The van der Waals surface area contributed by atoms with E-state index in [9.17, 15) is 9.18 Å². The minimum atomic E-state index is -0.437. The lowest BCUT2D eigenvalue weighted by Gasteiger charge is -2.31. The van der Waals surface area contributed by atoms with Crippen molar-refractivity contribution in [3.05, 3.63) is 34.6 Å². The van der Waals surface area contributed by atoms with Gasteiger partial charge in [-0.15, -0.1) is 0 Å². The highest BCUT2D eigenvalue weighted by Gasteiger charge is 2.30. The molecular formula is C16H20ClFN2O2. The molecule has 0 aromatic heterocycles. The van der Waals surface area contributed by atoms with Gasteiger partial charge in [-0.2, -0.15) is 0 Å². The van der Waals surface area contributed by atoms with Crippen molar-refractivity contribution in [2.24, 2.45) is 0 Å². The first-order chi connectivity index (χ1) is 10.6. The van der Waals surface area contributed by atoms with Crippen LogP contribution >= 0.6 is 11.6 Å². The Balaban J connectivity index is 1.56. The number of carbonyl (C=O) groups is 1. The van der Waals surface area contributed by atoms with Crippen molar-refractivity contribution in [2.75, 3.05) is 26.3 Å². The van der Waals surface area contributed by atoms with E-state index in [4.69, 9.17) is 16.3 Å². The van der Waals surface area contributed by atoms with E-state index >= 15 is 0 Å². The molecule has 2 aliphatic rings. The highest BCUT2D eigenvalue weighted by Crippen LogP contribution is 2.21. The van der Waals surface area contributed by atoms with Crippen molar-refractivity contribution in [1.82, 2.24) is 10.2 Å². The summed E-state index contributed by atoms with van der Waals surface area (Å²) < 4.78 is 18.4. The van der Waals surface area contributed by atoms with Crippen LogP contribution in [0.2, 0.25) is 5.02 Å². The summed E-state index contributed by atoms with van der Waals surface area (Å²) in [4.78, 5) is 14.7. The SMILES string of the molecule is O=C(NC1CCN(C2CCOCC2)C1)c1ccc(F)cc1Cl. The van der Waals surface area contributed by atoms with Gasteiger partial charge in [0.1, 0.15) is 5.82 Å². The number of rotatable bonds is 3. The Bertz CT molecular complexity index is 549. The molecule has 0 aliphatic carbocycles. The van der Waals surface area contributed by atoms with Gasteiger partial charge in [-0.3, -0.25) is 9.69 Å². The van der Waals surface area contributed by atoms with E-state index in [2.05, 4.69) is 10.2 Å². The first-order valence-electron chi connectivity index (χ1n) is 7.71. The van der Waals surface area contributed by atoms with Crippen LogP contribution in [0.3, 0.4) is 0 Å². The summed E-state index contributed by atoms with van der Waals surface area (Å²) in [6.07, 6.45) is 3.05. The van der Waals surface area contributed by atoms with E-state index in [1.807, 2.05) is 0 Å². The second-order valence-corrected chi connectivity index (χ2v) is 6.33. The standard InChI is InChI=1S/C16H20ClFN2O2/c17-15-9-11(18)1-2-14(15)16(21)19-12-3-6-20(10-12)13-4-7-22-8-5-13/h1-2,9,12-13H,3-8,10H2,(H,19,21). The predicted molar refractivity (Wildman–Crippen MR) is 82.7 cm³/mol. The first-order valence-corrected chi connectivity index (χ1v) is 8.09. The van der Waals surface area contributed by atoms with Gasteiger partial charge in [0.25, 0.3) is 5.91 Å². The van der Waals surface area contributed by atoms with Crippen LogP contribution in [0.4, 0.5) is 4.39 Å². The number of ether oxygens (including phenoxy) is 1. The number of amides is 1. The van der Waals surface area contributed by atoms with Crippen LogP contribution in [0.25, 0.3) is 0 Å². The van der Waals surface area contributed by atoms with Crippen molar-refractivity contribution in [1.29, 1.82) is 0 Å². The average Bonchev–Trinajstić information content (AvgIpc) is 2.96. The maximum Gasteiger partial charge on any atom is 0.253 e. The molecule has 1 amide bonds. The molecule has 1 aromatic rings. The van der Waals surface area contributed by atoms with Crippen molar-refractivity contribution in [3.8, 4) is 0 Å². The quantitative estimate of drug-likeness (QED) is 0.927. The fourth-order valence-electron chi connectivity index (χ4n) is 3.22. The van der Waals surface area contributed by atoms with Gasteiger partial charge in [0, 0.05) is 38.4 Å². The Labute approximate surface area is 134 Å². The maximum atomic E-state index is 13.0. The molecule has 2 saturated heterocycles. The van der Waals surface area contributed by atoms with E-state index in [1.54, 1.807) is 0 Å². The zero-order valence-electron chi connectivity index (χ0n) is 12.4. The maximum absolute atomic E-state index is 13.0. The van der Waals surface area contributed by atoms with Crippen molar-refractivity contribution >= 4 is 17.5 Å². The molecule has 1 N–H and O–H groups in total. The van der Waals surface area contributed by atoms with Crippen LogP contribution < -0.4 is 5.32 Å². The number of carbonyl (C=O) groups excluding carboxylic acids is 1. The molecule has 0 spiro atoms. The van der Waals surface area contributed by atoms with Gasteiger partial charge >= 0.3 is 0 Å². The van der Waals surface area contributed by atoms with Gasteiger partial charge in [-0.1, -0.05) is 11.6 Å². The summed E-state index contributed by atoms with van der Waals surface area (Å²) in [6, 6.07) is 4.53. The van der Waals surface area contributed by atoms with E-state index in [1.165, 1.54) is 18.2 Å². The van der Waals surface area contributed by atoms with Crippen LogP contribution in [0.1, 0.15) is 29.6 Å². The molecule has 0 radical (unpaired) electrons. The molecular weight excluding hydrogens is 307 g/mol. The lowest BCUT2D eigenvalue weighted by atomic mass is 10.1. The van der Waals surface area contributed by atoms with Crippen LogP contribution in [0, 0.1) is 5.82 Å². The zero-order valence-corrected chi connectivity index (χ0v) is 13.1. The average molecular weight is 327 g/mol. The number of likely N-dealkylation sites (tertiary alicyclic amines) is 1. The Kier molecular flexibility index (Phi) is 4.96. The summed E-state index contributed by atoms with van der Waals surface area (Å²) >= 11 is 5.94. The largest absolute Gasteiger partial charge is 0.381 e. The monoisotopic (exact) mass is 326 g/mol. The minimum absolute atomic E-state index is 0.122. The van der Waals surface area contributed by atoms with Crippen molar-refractivity contribution < 1.29 is 13.9 Å². The highest BCUT2D eigenvalue weighted by molar-refractivity contribution is 6.33. The van der Waals surface area contributed by atoms with Crippen LogP contribution in [0.15, 0.2) is 18.2 Å². The molecule has 22 heavy (non-hydrogen) atoms. The molecule has 1 atom stereocenters. The Morgan fingerprint density at radius 1 is 1.32 bits per heavy atom. The third-order valence-electron chi connectivity index (χ3n) is 4.44. The molecule has 2 aliphatic heterocycles. The summed E-state index contributed by atoms with van der Waals surface area (Å²) in [5, 5.41) is 3.16. The van der Waals surface area contributed by atoms with Gasteiger partial charge in [-0.25, -0.2) is 4.39 Å². The predicted octanol–water partition coefficient (Wildman–Crippen LogP) is 2.46. The number of hydrogen-bond donors (Lipinski definition) is 1.